The van der Waals surface area contributed by atoms with Gasteiger partial charge in [0.25, 0.3) is 0 Å². The first-order valence-corrected chi connectivity index (χ1v) is 12.1. The molecule has 2 radical (unpaired) electrons. The summed E-state index contributed by atoms with van der Waals surface area (Å²) in [6, 6.07) is 16.6. The number of thiazole rings is 1. The maximum Gasteiger partial charge on any atom is 0.223 e. The minimum Gasteiger partial charge on any atom is -0.326 e. The summed E-state index contributed by atoms with van der Waals surface area (Å²) < 4.78 is 3.40. The summed E-state index contributed by atoms with van der Waals surface area (Å²) in [7, 11) is 5.52. The predicted octanol–water partition coefficient (Wildman–Crippen LogP) is 7.05. The Morgan fingerprint density at radius 2 is 2.00 bits per heavy atom. The highest BCUT2D eigenvalue weighted by atomic mass is 32.2. The molecule has 1 amide bonds. The fraction of sp³-hybridized carbons (Fsp3) is 0.250. The van der Waals surface area contributed by atoms with Crippen LogP contribution in [0.3, 0.4) is 0 Å². The monoisotopic (exact) mass is 447 g/mol. The van der Waals surface area contributed by atoms with Crippen LogP contribution in [-0.2, 0) is 4.79 Å². The van der Waals surface area contributed by atoms with E-state index in [2.05, 4.69) is 57.5 Å². The molecule has 0 saturated carbocycles. The van der Waals surface area contributed by atoms with Crippen LogP contribution in [0, 0.1) is 0 Å². The zero-order valence-electron chi connectivity index (χ0n) is 17.6. The lowest BCUT2D eigenvalue weighted by Crippen LogP contribution is -2.04. The summed E-state index contributed by atoms with van der Waals surface area (Å²) in [5.41, 5.74) is 4.06. The van der Waals surface area contributed by atoms with Gasteiger partial charge in [0.2, 0.25) is 5.91 Å². The van der Waals surface area contributed by atoms with Crippen LogP contribution < -0.4 is 10.0 Å². The molecule has 158 valence electrons. The Hall–Kier alpha value is -2.51. The highest BCUT2D eigenvalue weighted by molar-refractivity contribution is 8.00. The molecular formula is C24H26BN3OS2. The number of aromatic nitrogens is 1. The Kier molecular flexibility index (Phi) is 9.25. The molecule has 0 spiro atoms. The number of hydrogen-bond donors (Lipinski definition) is 2. The quantitative estimate of drug-likeness (QED) is 0.188. The third-order valence-electron chi connectivity index (χ3n) is 4.50. The molecule has 0 aliphatic heterocycles. The Bertz CT molecular complexity index is 1000. The fourth-order valence-electron chi connectivity index (χ4n) is 2.92. The van der Waals surface area contributed by atoms with Crippen molar-refractivity contribution in [1.29, 1.82) is 0 Å². The zero-order chi connectivity index (χ0) is 21.9. The number of nitrogens with zero attached hydrogens (tertiary/aromatic N) is 1. The molecule has 0 aliphatic carbocycles. The van der Waals surface area contributed by atoms with Crippen molar-refractivity contribution in [3.63, 3.8) is 0 Å². The van der Waals surface area contributed by atoms with Gasteiger partial charge in [0.05, 0.1) is 13.5 Å². The second kappa shape index (κ2) is 12.4. The van der Waals surface area contributed by atoms with Crippen LogP contribution in [0.2, 0.25) is 6.32 Å². The summed E-state index contributed by atoms with van der Waals surface area (Å²) in [4.78, 5) is 16.8. The van der Waals surface area contributed by atoms with Crippen molar-refractivity contribution in [2.75, 3.05) is 10.0 Å². The fourth-order valence-corrected chi connectivity index (χ4v) is 4.32. The molecule has 1 aromatic heterocycles. The van der Waals surface area contributed by atoms with E-state index in [9.17, 15) is 4.79 Å². The van der Waals surface area contributed by atoms with Crippen LogP contribution in [-0.4, -0.2) is 18.7 Å². The summed E-state index contributed by atoms with van der Waals surface area (Å²) in [6.45, 7) is 1.48. The summed E-state index contributed by atoms with van der Waals surface area (Å²) in [6.07, 6.45) is 9.79. The first-order chi connectivity index (χ1) is 15.1. The van der Waals surface area contributed by atoms with Crippen molar-refractivity contribution in [3.05, 3.63) is 65.6 Å². The highest BCUT2D eigenvalue weighted by Crippen LogP contribution is 2.29. The van der Waals surface area contributed by atoms with Crippen molar-refractivity contribution < 1.29 is 4.79 Å². The number of carbonyl (C=O) groups is 1. The molecule has 1 heterocycles. The average molecular weight is 447 g/mol. The van der Waals surface area contributed by atoms with E-state index in [1.807, 2.05) is 23.6 Å². The number of hydrogen-bond acceptors (Lipinski definition) is 5. The van der Waals surface area contributed by atoms with Crippen molar-refractivity contribution in [3.8, 4) is 11.3 Å². The molecule has 0 atom stereocenters. The number of unbranched alkanes of at least 4 members (excludes halogenated alkanes) is 3. The molecule has 0 aliphatic rings. The molecule has 3 aromatic rings. The molecule has 7 heteroatoms. The van der Waals surface area contributed by atoms with Crippen LogP contribution in [0.15, 0.2) is 64.9 Å². The van der Waals surface area contributed by atoms with Crippen LogP contribution in [0.25, 0.3) is 17.3 Å². The molecule has 2 N–H and O–H groups in total. The van der Waals surface area contributed by atoms with E-state index in [-0.39, 0.29) is 5.91 Å². The molecule has 31 heavy (non-hydrogen) atoms. The van der Waals surface area contributed by atoms with Gasteiger partial charge in [-0.1, -0.05) is 55.6 Å². The van der Waals surface area contributed by atoms with Crippen molar-refractivity contribution in [1.82, 2.24) is 4.98 Å². The van der Waals surface area contributed by atoms with E-state index in [1.54, 1.807) is 11.9 Å². The smallest absolute Gasteiger partial charge is 0.223 e. The van der Waals surface area contributed by atoms with Crippen molar-refractivity contribution >= 4 is 53.9 Å². The number of amides is 1. The van der Waals surface area contributed by atoms with E-state index in [0.717, 1.165) is 41.0 Å². The Balaban J connectivity index is 1.52. The second-order valence-electron chi connectivity index (χ2n) is 7.11. The first-order valence-electron chi connectivity index (χ1n) is 10.4. The van der Waals surface area contributed by atoms with Crippen molar-refractivity contribution in [2.45, 2.75) is 43.8 Å². The minimum atomic E-state index is -0.114. The maximum atomic E-state index is 11.2. The Morgan fingerprint density at radius 1 is 1.16 bits per heavy atom. The molecule has 0 unspecified atom stereocenters. The van der Waals surface area contributed by atoms with Gasteiger partial charge in [-0.15, -0.1) is 11.3 Å². The Labute approximate surface area is 194 Å². The molecule has 0 fully saturated rings. The van der Waals surface area contributed by atoms with Crippen LogP contribution in [0.5, 0.6) is 0 Å². The lowest BCUT2D eigenvalue weighted by Gasteiger charge is -2.07. The molecule has 0 bridgehead atoms. The van der Waals surface area contributed by atoms with Gasteiger partial charge >= 0.3 is 0 Å². The van der Waals surface area contributed by atoms with Gasteiger partial charge in [-0.05, 0) is 54.6 Å². The highest BCUT2D eigenvalue weighted by Gasteiger charge is 2.06. The lowest BCUT2D eigenvalue weighted by atomic mass is 9.99. The van der Waals surface area contributed by atoms with Crippen molar-refractivity contribution in [2.24, 2.45) is 0 Å². The largest absolute Gasteiger partial charge is 0.326 e. The van der Waals surface area contributed by atoms with E-state index in [4.69, 9.17) is 7.85 Å². The van der Waals surface area contributed by atoms with E-state index >= 15 is 0 Å². The third kappa shape index (κ3) is 7.92. The topological polar surface area (TPSA) is 54.0 Å². The van der Waals surface area contributed by atoms with Crippen LogP contribution >= 0.6 is 23.3 Å². The van der Waals surface area contributed by atoms with Gasteiger partial charge in [-0.25, -0.2) is 4.98 Å². The number of allylic oxidation sites excluding steroid dienone is 1. The normalized spacial score (nSPS) is 11.0. The average Bonchev–Trinajstić information content (AvgIpc) is 3.23. The summed E-state index contributed by atoms with van der Waals surface area (Å²) >= 11 is 3.00. The molecule has 2 aromatic carbocycles. The van der Waals surface area contributed by atoms with Gasteiger partial charge < -0.3 is 10.0 Å². The molecule has 3 rings (SSSR count). The molecular weight excluding hydrogens is 421 g/mol. The number of benzene rings is 2. The van der Waals surface area contributed by atoms with Gasteiger partial charge in [-0.3, -0.25) is 4.79 Å². The van der Waals surface area contributed by atoms with Gasteiger partial charge in [0.1, 0.15) is 0 Å². The molecule has 4 nitrogen and oxygen atoms in total. The number of rotatable bonds is 11. The lowest BCUT2D eigenvalue weighted by molar-refractivity contribution is -0.114. The van der Waals surface area contributed by atoms with Gasteiger partial charge in [-0.2, -0.15) is 0 Å². The number of nitrogens with one attached hydrogen (secondary N) is 2. The van der Waals surface area contributed by atoms with Crippen LogP contribution in [0.4, 0.5) is 10.8 Å². The minimum absolute atomic E-state index is 0.114. The molecule has 0 saturated heterocycles. The second-order valence-corrected chi connectivity index (χ2v) is 8.85. The van der Waals surface area contributed by atoms with E-state index < -0.39 is 0 Å². The Morgan fingerprint density at radius 3 is 2.77 bits per heavy atom. The number of anilines is 2. The summed E-state index contributed by atoms with van der Waals surface area (Å²) in [5.74, 6) is -0.114. The standard InChI is InChI=1S/C24H26BN3OS2/c1-18(29)26-24-27-23(17-30-24)20-9-7-10-21(16-20)28-31-22-13-11-19(12-14-22)8-5-3-2-4-6-15-25/h5,7-14,16-17,28H,2-4,6,15H2,1H3,(H,26,27,29)/b8-5-. The number of carbonyl (C=O) groups excluding carboxylic acids is 1. The zero-order valence-corrected chi connectivity index (χ0v) is 19.3. The summed E-state index contributed by atoms with van der Waals surface area (Å²) in [5, 5.41) is 5.28. The van der Waals surface area contributed by atoms with Gasteiger partial charge in [0, 0.05) is 28.5 Å². The van der Waals surface area contributed by atoms with E-state index in [0.29, 0.717) is 5.13 Å². The maximum absolute atomic E-state index is 11.2. The predicted molar refractivity (Wildman–Crippen MR) is 136 cm³/mol. The van der Waals surface area contributed by atoms with E-state index in [1.165, 1.54) is 36.7 Å². The van der Waals surface area contributed by atoms with Crippen LogP contribution in [0.1, 0.15) is 38.2 Å². The van der Waals surface area contributed by atoms with Gasteiger partial charge in [0.15, 0.2) is 5.13 Å². The SMILES string of the molecule is [B]CCCCC/C=C\c1ccc(SNc2cccc(-c3csc(NC(C)=O)n3)c2)cc1. The third-order valence-corrected chi connectivity index (χ3v) is 6.10. The first kappa shape index (κ1) is 23.2.